The molecular weight excluding hydrogens is 358 g/mol. The van der Waals surface area contributed by atoms with Crippen molar-refractivity contribution in [2.45, 2.75) is 31.7 Å². The summed E-state index contributed by atoms with van der Waals surface area (Å²) < 4.78 is 38.4. The lowest BCUT2D eigenvalue weighted by Gasteiger charge is -2.27. The smallest absolute Gasteiger partial charge is 0.247 e. The van der Waals surface area contributed by atoms with E-state index in [1.165, 1.54) is 4.31 Å². The largest absolute Gasteiger partial charge is 0.492 e. The molecule has 0 radical (unpaired) electrons. The summed E-state index contributed by atoms with van der Waals surface area (Å²) in [5, 5.41) is 0. The summed E-state index contributed by atoms with van der Waals surface area (Å²) in [5.74, 6) is 0.365. The highest BCUT2D eigenvalue weighted by molar-refractivity contribution is 9.10. The number of methoxy groups -OCH3 is 1. The van der Waals surface area contributed by atoms with Gasteiger partial charge in [-0.25, -0.2) is 8.42 Å². The highest BCUT2D eigenvalue weighted by atomic mass is 79.9. The van der Waals surface area contributed by atoms with E-state index in [-0.39, 0.29) is 10.9 Å². The summed E-state index contributed by atoms with van der Waals surface area (Å²) >= 11 is 3.32. The van der Waals surface area contributed by atoms with Gasteiger partial charge in [0.2, 0.25) is 10.0 Å². The molecule has 0 heterocycles. The molecule has 0 spiro atoms. The molecule has 0 unspecified atom stereocenters. The average Bonchev–Trinajstić information content (AvgIpc) is 2.41. The second kappa shape index (κ2) is 8.12. The molecule has 1 aromatic carbocycles. The first kappa shape index (κ1) is 18.4. The molecule has 120 valence electrons. The van der Waals surface area contributed by atoms with Crippen molar-refractivity contribution in [2.24, 2.45) is 0 Å². The van der Waals surface area contributed by atoms with Crippen LogP contribution in [0.2, 0.25) is 0 Å². The van der Waals surface area contributed by atoms with Crippen molar-refractivity contribution in [3.05, 3.63) is 22.7 Å². The van der Waals surface area contributed by atoms with Crippen LogP contribution in [0.25, 0.3) is 0 Å². The van der Waals surface area contributed by atoms with Crippen molar-refractivity contribution >= 4 is 26.0 Å². The summed E-state index contributed by atoms with van der Waals surface area (Å²) in [7, 11) is -2.09. The molecule has 0 aromatic heterocycles. The molecule has 0 bridgehead atoms. The van der Waals surface area contributed by atoms with Crippen LogP contribution in [-0.2, 0) is 14.8 Å². The van der Waals surface area contributed by atoms with Gasteiger partial charge in [0.1, 0.15) is 10.6 Å². The lowest BCUT2D eigenvalue weighted by atomic mass is 10.3. The lowest BCUT2D eigenvalue weighted by molar-refractivity contribution is 0.142. The molecule has 1 aromatic rings. The predicted molar refractivity (Wildman–Crippen MR) is 86.2 cm³/mol. The molecule has 0 N–H and O–H groups in total. The maximum Gasteiger partial charge on any atom is 0.247 e. The second-order valence-corrected chi connectivity index (χ2v) is 7.31. The molecule has 1 rings (SSSR count). The third-order valence-electron chi connectivity index (χ3n) is 3.00. The number of ether oxygens (including phenoxy) is 2. The van der Waals surface area contributed by atoms with E-state index in [1.807, 2.05) is 20.8 Å². The molecule has 0 aliphatic rings. The summed E-state index contributed by atoms with van der Waals surface area (Å²) in [6.07, 6.45) is 0. The van der Waals surface area contributed by atoms with Crippen LogP contribution >= 0.6 is 15.9 Å². The van der Waals surface area contributed by atoms with Crippen LogP contribution in [0.4, 0.5) is 0 Å². The van der Waals surface area contributed by atoms with Crippen LogP contribution in [0, 0.1) is 0 Å². The Morgan fingerprint density at radius 3 is 2.52 bits per heavy atom. The fraction of sp³-hybridized carbons (Fsp3) is 0.571. The summed E-state index contributed by atoms with van der Waals surface area (Å²) in [5.41, 5.74) is 0. The Morgan fingerprint density at radius 2 is 2.00 bits per heavy atom. The number of likely N-dealkylation sites (N-methyl/N-ethyl adjacent to an activating group) is 1. The Morgan fingerprint density at radius 1 is 1.33 bits per heavy atom. The van der Waals surface area contributed by atoms with Gasteiger partial charge in [-0.05, 0) is 32.0 Å². The Bertz CT molecular complexity index is 562. The predicted octanol–water partition coefficient (Wildman–Crippen LogP) is 2.89. The Balaban J connectivity index is 3.30. The number of hydrogen-bond acceptors (Lipinski definition) is 4. The molecule has 0 saturated carbocycles. The first-order valence-corrected chi connectivity index (χ1v) is 9.04. The zero-order valence-electron chi connectivity index (χ0n) is 12.8. The minimum Gasteiger partial charge on any atom is -0.492 e. The van der Waals surface area contributed by atoms with Crippen LogP contribution in [0.5, 0.6) is 5.75 Å². The van der Waals surface area contributed by atoms with E-state index >= 15 is 0 Å². The van der Waals surface area contributed by atoms with Crippen LogP contribution in [-0.4, -0.2) is 45.6 Å². The fourth-order valence-electron chi connectivity index (χ4n) is 2.13. The van der Waals surface area contributed by atoms with Gasteiger partial charge in [-0.3, -0.25) is 0 Å². The summed E-state index contributed by atoms with van der Waals surface area (Å²) in [6, 6.07) is 4.75. The molecule has 7 heteroatoms. The average molecular weight is 380 g/mol. The maximum absolute atomic E-state index is 12.9. The lowest BCUT2D eigenvalue weighted by Crippen LogP contribution is -2.41. The van der Waals surface area contributed by atoms with E-state index in [2.05, 4.69) is 15.9 Å². The van der Waals surface area contributed by atoms with Gasteiger partial charge < -0.3 is 9.47 Å². The first-order chi connectivity index (χ1) is 9.88. The Labute approximate surface area is 135 Å². The number of sulfonamides is 1. The number of rotatable bonds is 8. The number of nitrogens with zero attached hydrogens (tertiary/aromatic N) is 1. The van der Waals surface area contributed by atoms with Gasteiger partial charge in [0.05, 0.1) is 13.2 Å². The quantitative estimate of drug-likeness (QED) is 0.696. The second-order valence-electron chi connectivity index (χ2n) is 4.54. The van der Waals surface area contributed by atoms with E-state index in [4.69, 9.17) is 9.47 Å². The van der Waals surface area contributed by atoms with Gasteiger partial charge in [0.15, 0.2) is 0 Å². The fourth-order valence-corrected chi connectivity index (χ4v) is 4.42. The van der Waals surface area contributed by atoms with E-state index in [9.17, 15) is 8.42 Å². The normalized spacial score (nSPS) is 13.4. The standard InChI is InChI=1S/C14H22BrNO4S/c1-5-16(11(3)10-19-4)21(17,18)14-9-12(15)7-8-13(14)20-6-2/h7-9,11H,5-6,10H2,1-4H3/t11-/m1/s1. The Kier molecular flexibility index (Phi) is 7.12. The topological polar surface area (TPSA) is 55.8 Å². The molecule has 0 amide bonds. The van der Waals surface area contributed by atoms with E-state index < -0.39 is 10.0 Å². The van der Waals surface area contributed by atoms with Crippen molar-refractivity contribution in [1.82, 2.24) is 4.31 Å². The van der Waals surface area contributed by atoms with Crippen LogP contribution in [0.3, 0.4) is 0 Å². The summed E-state index contributed by atoms with van der Waals surface area (Å²) in [4.78, 5) is 0.170. The first-order valence-electron chi connectivity index (χ1n) is 6.81. The van der Waals surface area contributed by atoms with Crippen molar-refractivity contribution in [1.29, 1.82) is 0 Å². The van der Waals surface area contributed by atoms with Gasteiger partial charge in [-0.1, -0.05) is 22.9 Å². The van der Waals surface area contributed by atoms with Crippen LogP contribution < -0.4 is 4.74 Å². The van der Waals surface area contributed by atoms with Gasteiger partial charge in [-0.2, -0.15) is 4.31 Å². The van der Waals surface area contributed by atoms with E-state index in [0.717, 1.165) is 0 Å². The minimum atomic E-state index is -3.65. The maximum atomic E-state index is 12.9. The van der Waals surface area contributed by atoms with E-state index in [0.29, 0.717) is 30.0 Å². The molecular formula is C14H22BrNO4S. The number of benzene rings is 1. The molecule has 5 nitrogen and oxygen atoms in total. The highest BCUT2D eigenvalue weighted by Crippen LogP contribution is 2.30. The zero-order chi connectivity index (χ0) is 16.0. The third kappa shape index (κ3) is 4.42. The molecule has 21 heavy (non-hydrogen) atoms. The molecule has 0 saturated heterocycles. The number of hydrogen-bond donors (Lipinski definition) is 0. The van der Waals surface area contributed by atoms with Crippen LogP contribution in [0.15, 0.2) is 27.6 Å². The molecule has 0 aliphatic heterocycles. The van der Waals surface area contributed by atoms with Crippen molar-refractivity contribution < 1.29 is 17.9 Å². The van der Waals surface area contributed by atoms with Gasteiger partial charge in [0.25, 0.3) is 0 Å². The molecule has 0 aliphatic carbocycles. The molecule has 1 atom stereocenters. The SMILES string of the molecule is CCOc1ccc(Br)cc1S(=O)(=O)N(CC)[C@H](C)COC. The number of halogens is 1. The zero-order valence-corrected chi connectivity index (χ0v) is 15.2. The Hall–Kier alpha value is -0.630. The highest BCUT2D eigenvalue weighted by Gasteiger charge is 2.30. The van der Waals surface area contributed by atoms with Gasteiger partial charge in [0, 0.05) is 24.2 Å². The monoisotopic (exact) mass is 379 g/mol. The minimum absolute atomic E-state index is 0.170. The molecule has 0 fully saturated rings. The van der Waals surface area contributed by atoms with Gasteiger partial charge >= 0.3 is 0 Å². The van der Waals surface area contributed by atoms with Crippen molar-refractivity contribution in [2.75, 3.05) is 26.9 Å². The third-order valence-corrected chi connectivity index (χ3v) is 5.61. The van der Waals surface area contributed by atoms with E-state index in [1.54, 1.807) is 25.3 Å². The van der Waals surface area contributed by atoms with Crippen molar-refractivity contribution in [3.63, 3.8) is 0 Å². The van der Waals surface area contributed by atoms with Crippen LogP contribution in [0.1, 0.15) is 20.8 Å². The summed E-state index contributed by atoms with van der Waals surface area (Å²) in [6.45, 7) is 6.56. The van der Waals surface area contributed by atoms with Gasteiger partial charge in [-0.15, -0.1) is 0 Å². The van der Waals surface area contributed by atoms with Crippen molar-refractivity contribution in [3.8, 4) is 5.75 Å².